The van der Waals surface area contributed by atoms with Crippen LogP contribution in [0.3, 0.4) is 0 Å². The molecule has 1 aliphatic heterocycles. The highest BCUT2D eigenvalue weighted by Gasteiger charge is 2.17. The van der Waals surface area contributed by atoms with Gasteiger partial charge in [-0.3, -0.25) is 0 Å². The Kier molecular flexibility index (Phi) is 3.43. The summed E-state index contributed by atoms with van der Waals surface area (Å²) < 4.78 is 0. The summed E-state index contributed by atoms with van der Waals surface area (Å²) in [6.45, 7) is 2.17. The van der Waals surface area contributed by atoms with Gasteiger partial charge in [0.15, 0.2) is 0 Å². The first-order valence-electron chi connectivity index (χ1n) is 3.66. The van der Waals surface area contributed by atoms with E-state index < -0.39 is 0 Å². The summed E-state index contributed by atoms with van der Waals surface area (Å²) >= 11 is 6.89. The van der Waals surface area contributed by atoms with Crippen LogP contribution in [0.15, 0.2) is 11.0 Å². The predicted molar refractivity (Wildman–Crippen MR) is 52.6 cm³/mol. The van der Waals surface area contributed by atoms with Crippen molar-refractivity contribution in [2.45, 2.75) is 19.8 Å². The van der Waals surface area contributed by atoms with E-state index in [1.54, 1.807) is 0 Å². The Morgan fingerprint density at radius 3 is 3.20 bits per heavy atom. The molecule has 0 nitrogen and oxygen atoms in total. The molecular weight excluding hydrogens is 160 g/mol. The molecule has 0 saturated carbocycles. The van der Waals surface area contributed by atoms with Crippen molar-refractivity contribution in [3.8, 4) is 0 Å². The van der Waals surface area contributed by atoms with Gasteiger partial charge in [0, 0.05) is 5.92 Å². The molecule has 1 rings (SSSR count). The molecule has 0 aliphatic carbocycles. The highest BCUT2D eigenvalue weighted by molar-refractivity contribution is 8.03. The van der Waals surface area contributed by atoms with E-state index >= 15 is 0 Å². The van der Waals surface area contributed by atoms with E-state index in [0.29, 0.717) is 5.92 Å². The number of hydrogen-bond acceptors (Lipinski definition) is 2. The summed E-state index contributed by atoms with van der Waals surface area (Å²) in [5, 5.41) is 1.90. The van der Waals surface area contributed by atoms with Crippen LogP contribution >= 0.6 is 24.0 Å². The second-order valence-corrected chi connectivity index (χ2v) is 3.83. The minimum atomic E-state index is 0.597. The molecule has 0 spiro atoms. The van der Waals surface area contributed by atoms with Crippen molar-refractivity contribution in [2.75, 3.05) is 5.75 Å². The van der Waals surface area contributed by atoms with Crippen LogP contribution in [0.2, 0.25) is 0 Å². The van der Waals surface area contributed by atoms with Gasteiger partial charge in [0.2, 0.25) is 0 Å². The number of allylic oxidation sites excluding steroid dienone is 2. The molecule has 1 heterocycles. The van der Waals surface area contributed by atoms with Crippen molar-refractivity contribution in [3.05, 3.63) is 11.0 Å². The van der Waals surface area contributed by atoms with Gasteiger partial charge in [0.25, 0.3) is 0 Å². The monoisotopic (exact) mass is 172 g/mol. The van der Waals surface area contributed by atoms with Gasteiger partial charge < -0.3 is 0 Å². The van der Waals surface area contributed by atoms with Gasteiger partial charge in [0.05, 0.1) is 0 Å². The Labute approximate surface area is 72.1 Å². The SMILES string of the molecule is CCC=C1SCCC1C=S. The van der Waals surface area contributed by atoms with E-state index in [1.807, 2.05) is 17.1 Å². The number of thioether (sulfide) groups is 1. The molecule has 56 valence electrons. The molecule has 10 heavy (non-hydrogen) atoms. The average Bonchev–Trinajstić information content (AvgIpc) is 2.36. The van der Waals surface area contributed by atoms with Crippen LogP contribution in [-0.4, -0.2) is 11.1 Å². The maximum atomic E-state index is 4.92. The van der Waals surface area contributed by atoms with E-state index in [1.165, 1.54) is 17.1 Å². The van der Waals surface area contributed by atoms with Gasteiger partial charge >= 0.3 is 0 Å². The third-order valence-corrected chi connectivity index (χ3v) is 3.20. The van der Waals surface area contributed by atoms with E-state index in [0.717, 1.165) is 6.42 Å². The summed E-state index contributed by atoms with van der Waals surface area (Å²) in [5.41, 5.74) is 0. The van der Waals surface area contributed by atoms with Crippen molar-refractivity contribution in [2.24, 2.45) is 5.92 Å². The zero-order chi connectivity index (χ0) is 7.40. The highest BCUT2D eigenvalue weighted by Crippen LogP contribution is 2.35. The van der Waals surface area contributed by atoms with Crippen LogP contribution in [0.1, 0.15) is 19.8 Å². The maximum Gasteiger partial charge on any atom is 0.0187 e. The minimum absolute atomic E-state index is 0.597. The van der Waals surface area contributed by atoms with Gasteiger partial charge in [-0.05, 0) is 28.9 Å². The first-order chi connectivity index (χ1) is 4.88. The smallest absolute Gasteiger partial charge is 0.0187 e. The summed E-state index contributed by atoms with van der Waals surface area (Å²) in [7, 11) is 0. The van der Waals surface area contributed by atoms with Crippen LogP contribution in [0.5, 0.6) is 0 Å². The van der Waals surface area contributed by atoms with Gasteiger partial charge in [-0.2, -0.15) is 0 Å². The minimum Gasteiger partial charge on any atom is -0.130 e. The molecule has 0 bridgehead atoms. The topological polar surface area (TPSA) is 0 Å². The van der Waals surface area contributed by atoms with Crippen LogP contribution < -0.4 is 0 Å². The largest absolute Gasteiger partial charge is 0.130 e. The Bertz CT molecular complexity index is 149. The molecule has 1 aliphatic rings. The maximum absolute atomic E-state index is 4.92. The van der Waals surface area contributed by atoms with E-state index in [9.17, 15) is 0 Å². The highest BCUT2D eigenvalue weighted by atomic mass is 32.2. The Balaban J connectivity index is 2.57. The van der Waals surface area contributed by atoms with E-state index in [2.05, 4.69) is 13.0 Å². The van der Waals surface area contributed by atoms with Crippen molar-refractivity contribution < 1.29 is 0 Å². The van der Waals surface area contributed by atoms with Crippen LogP contribution in [0.4, 0.5) is 0 Å². The van der Waals surface area contributed by atoms with Crippen molar-refractivity contribution in [1.29, 1.82) is 0 Å². The molecule has 0 amide bonds. The molecule has 1 unspecified atom stereocenters. The Morgan fingerprint density at radius 1 is 1.80 bits per heavy atom. The lowest BCUT2D eigenvalue weighted by molar-refractivity contribution is 0.863. The standard InChI is InChI=1S/C8H12S2/c1-2-3-8-7(6-9)4-5-10-8/h3,6-7H,2,4-5H2,1H3. The summed E-state index contributed by atoms with van der Waals surface area (Å²) in [6.07, 6.45) is 4.69. The van der Waals surface area contributed by atoms with Crippen LogP contribution in [0, 0.1) is 5.92 Å². The molecular formula is C8H12S2. The fraction of sp³-hybridized carbons (Fsp3) is 0.625. The lowest BCUT2D eigenvalue weighted by Crippen LogP contribution is -1.94. The predicted octanol–water partition coefficient (Wildman–Crippen LogP) is 3.03. The molecule has 1 atom stereocenters. The van der Waals surface area contributed by atoms with Gasteiger partial charge in [-0.1, -0.05) is 25.2 Å². The molecule has 0 aromatic carbocycles. The summed E-state index contributed by atoms with van der Waals surface area (Å²) in [4.78, 5) is 1.50. The average molecular weight is 172 g/mol. The fourth-order valence-corrected chi connectivity index (χ4v) is 2.76. The number of rotatable bonds is 2. The zero-order valence-electron chi connectivity index (χ0n) is 6.17. The van der Waals surface area contributed by atoms with Crippen molar-refractivity contribution >= 4 is 29.3 Å². The fourth-order valence-electron chi connectivity index (χ4n) is 1.10. The molecule has 0 radical (unpaired) electrons. The molecule has 1 saturated heterocycles. The zero-order valence-corrected chi connectivity index (χ0v) is 7.80. The van der Waals surface area contributed by atoms with Crippen molar-refractivity contribution in [3.63, 3.8) is 0 Å². The lowest BCUT2D eigenvalue weighted by atomic mass is 10.1. The van der Waals surface area contributed by atoms with Gasteiger partial charge in [-0.15, -0.1) is 11.8 Å². The van der Waals surface area contributed by atoms with Crippen LogP contribution in [-0.2, 0) is 0 Å². The second-order valence-electron chi connectivity index (χ2n) is 2.39. The van der Waals surface area contributed by atoms with E-state index in [4.69, 9.17) is 12.2 Å². The molecule has 2 heteroatoms. The summed E-state index contributed by atoms with van der Waals surface area (Å²) in [5.74, 6) is 1.85. The third kappa shape index (κ3) is 1.83. The third-order valence-electron chi connectivity index (χ3n) is 1.63. The number of hydrogen-bond donors (Lipinski definition) is 0. The van der Waals surface area contributed by atoms with Gasteiger partial charge in [-0.25, -0.2) is 0 Å². The Morgan fingerprint density at radius 2 is 2.60 bits per heavy atom. The molecule has 0 aromatic rings. The first kappa shape index (κ1) is 8.28. The van der Waals surface area contributed by atoms with Crippen LogP contribution in [0.25, 0.3) is 0 Å². The van der Waals surface area contributed by atoms with Gasteiger partial charge in [0.1, 0.15) is 0 Å². The quantitative estimate of drug-likeness (QED) is 0.587. The summed E-state index contributed by atoms with van der Waals surface area (Å²) in [6, 6.07) is 0. The van der Waals surface area contributed by atoms with Crippen molar-refractivity contribution in [1.82, 2.24) is 0 Å². The first-order valence-corrected chi connectivity index (χ1v) is 5.12. The van der Waals surface area contributed by atoms with E-state index in [-0.39, 0.29) is 0 Å². The normalized spacial score (nSPS) is 29.3. The Hall–Kier alpha value is 0.180. The lowest BCUT2D eigenvalue weighted by Gasteiger charge is -2.01. The molecule has 0 N–H and O–H groups in total. The molecule has 1 fully saturated rings. The second kappa shape index (κ2) is 4.14. The molecule has 0 aromatic heterocycles. The number of thiocarbonyl (C=S) groups is 1.